The van der Waals surface area contributed by atoms with E-state index in [1.165, 1.54) is 10.4 Å². The average molecular weight is 219 g/mol. The maximum absolute atomic E-state index is 9.35. The molecular weight excluding hydrogens is 206 g/mol. The van der Waals surface area contributed by atoms with Crippen LogP contribution in [-0.2, 0) is 10.2 Å². The zero-order valence-electron chi connectivity index (χ0n) is 8.75. The number of nitrogens with zero attached hydrogens (tertiary/aromatic N) is 1. The van der Waals surface area contributed by atoms with Gasteiger partial charge in [-0.2, -0.15) is 5.26 Å². The molecule has 1 saturated carbocycles. The van der Waals surface area contributed by atoms with Gasteiger partial charge >= 0.3 is 0 Å². The molecule has 78 valence electrons. The van der Waals surface area contributed by atoms with Crippen LogP contribution in [0.5, 0.6) is 0 Å². The Morgan fingerprint density at radius 2 is 2.20 bits per heavy atom. The standard InChI is InChI=1S/C12H13NOS/c1-9-2-5-15-10(9)12(7-14-8-12)11(6-13)3-4-11/h2,5H,3-4,7-8H2,1H3. The molecule has 1 aliphatic heterocycles. The first kappa shape index (κ1) is 9.38. The first-order valence-corrected chi connectivity index (χ1v) is 6.16. The van der Waals surface area contributed by atoms with Crippen LogP contribution in [0.2, 0.25) is 0 Å². The molecule has 2 aliphatic rings. The van der Waals surface area contributed by atoms with E-state index in [9.17, 15) is 5.26 Å². The fourth-order valence-corrected chi connectivity index (χ4v) is 3.82. The van der Waals surface area contributed by atoms with E-state index in [4.69, 9.17) is 4.74 Å². The van der Waals surface area contributed by atoms with Crippen LogP contribution in [0.4, 0.5) is 0 Å². The van der Waals surface area contributed by atoms with Gasteiger partial charge in [-0.1, -0.05) is 0 Å². The molecular formula is C12H13NOS. The van der Waals surface area contributed by atoms with Crippen LogP contribution in [-0.4, -0.2) is 13.2 Å². The van der Waals surface area contributed by atoms with Crippen molar-refractivity contribution in [1.29, 1.82) is 5.26 Å². The maximum Gasteiger partial charge on any atom is 0.0724 e. The molecule has 1 aromatic heterocycles. The fraction of sp³-hybridized carbons (Fsp3) is 0.583. The van der Waals surface area contributed by atoms with Gasteiger partial charge in [0.1, 0.15) is 0 Å². The molecule has 0 N–H and O–H groups in total. The molecule has 2 fully saturated rings. The van der Waals surface area contributed by atoms with Crippen molar-refractivity contribution in [1.82, 2.24) is 0 Å². The summed E-state index contributed by atoms with van der Waals surface area (Å²) < 4.78 is 5.40. The van der Waals surface area contributed by atoms with Crippen molar-refractivity contribution in [2.75, 3.05) is 13.2 Å². The Kier molecular flexibility index (Phi) is 1.78. The summed E-state index contributed by atoms with van der Waals surface area (Å²) >= 11 is 1.78. The number of rotatable bonds is 2. The normalized spacial score (nSPS) is 25.3. The third kappa shape index (κ3) is 1.01. The minimum absolute atomic E-state index is 0.0278. The first-order valence-electron chi connectivity index (χ1n) is 5.28. The van der Waals surface area contributed by atoms with Crippen LogP contribution in [0.3, 0.4) is 0 Å². The van der Waals surface area contributed by atoms with E-state index >= 15 is 0 Å². The Hall–Kier alpha value is -0.850. The van der Waals surface area contributed by atoms with Crippen LogP contribution < -0.4 is 0 Å². The molecule has 0 atom stereocenters. The zero-order chi connectivity index (χ0) is 10.5. The summed E-state index contributed by atoms with van der Waals surface area (Å²) in [6.07, 6.45) is 2.09. The summed E-state index contributed by atoms with van der Waals surface area (Å²) in [6.45, 7) is 3.61. The van der Waals surface area contributed by atoms with Crippen molar-refractivity contribution < 1.29 is 4.74 Å². The summed E-state index contributed by atoms with van der Waals surface area (Å²) in [5.41, 5.74) is 1.24. The summed E-state index contributed by atoms with van der Waals surface area (Å²) in [5, 5.41) is 11.5. The van der Waals surface area contributed by atoms with Gasteiger partial charge in [0.2, 0.25) is 0 Å². The SMILES string of the molecule is Cc1ccsc1C1(C2(C#N)CC2)COC1. The van der Waals surface area contributed by atoms with E-state index in [-0.39, 0.29) is 10.8 Å². The second-order valence-corrected chi connectivity index (χ2v) is 5.62. The van der Waals surface area contributed by atoms with Crippen molar-refractivity contribution in [2.45, 2.75) is 25.2 Å². The van der Waals surface area contributed by atoms with E-state index < -0.39 is 0 Å². The van der Waals surface area contributed by atoms with Gasteiger partial charge in [-0.3, -0.25) is 0 Å². The Bertz CT molecular complexity index is 435. The Morgan fingerprint density at radius 1 is 1.47 bits per heavy atom. The van der Waals surface area contributed by atoms with Crippen molar-refractivity contribution in [2.24, 2.45) is 5.41 Å². The lowest BCUT2D eigenvalue weighted by Gasteiger charge is -2.45. The molecule has 15 heavy (non-hydrogen) atoms. The van der Waals surface area contributed by atoms with Crippen molar-refractivity contribution >= 4 is 11.3 Å². The van der Waals surface area contributed by atoms with E-state index in [1.54, 1.807) is 11.3 Å². The molecule has 3 heteroatoms. The predicted molar refractivity (Wildman–Crippen MR) is 58.8 cm³/mol. The van der Waals surface area contributed by atoms with E-state index in [0.717, 1.165) is 26.1 Å². The quantitative estimate of drug-likeness (QED) is 0.766. The molecule has 1 aliphatic carbocycles. The van der Waals surface area contributed by atoms with Crippen molar-refractivity contribution in [3.63, 3.8) is 0 Å². The fourth-order valence-electron chi connectivity index (χ4n) is 2.62. The van der Waals surface area contributed by atoms with Gasteiger partial charge in [0.25, 0.3) is 0 Å². The molecule has 2 nitrogen and oxygen atoms in total. The third-order valence-electron chi connectivity index (χ3n) is 3.87. The number of hydrogen-bond acceptors (Lipinski definition) is 3. The van der Waals surface area contributed by atoms with Crippen molar-refractivity contribution in [3.8, 4) is 6.07 Å². The van der Waals surface area contributed by atoms with Crippen LogP contribution in [0.1, 0.15) is 23.3 Å². The number of thiophene rings is 1. The van der Waals surface area contributed by atoms with Crippen molar-refractivity contribution in [3.05, 3.63) is 21.9 Å². The molecule has 0 spiro atoms. The van der Waals surface area contributed by atoms with Gasteiger partial charge in [0.15, 0.2) is 0 Å². The van der Waals surface area contributed by atoms with Gasteiger partial charge in [-0.25, -0.2) is 0 Å². The van der Waals surface area contributed by atoms with Gasteiger partial charge in [0.05, 0.1) is 30.1 Å². The Labute approximate surface area is 93.5 Å². The molecule has 0 unspecified atom stereocenters. The van der Waals surface area contributed by atoms with Gasteiger partial charge in [-0.05, 0) is 36.8 Å². The summed E-state index contributed by atoms with van der Waals surface area (Å²) in [6, 6.07) is 4.68. The Morgan fingerprint density at radius 3 is 2.53 bits per heavy atom. The number of nitriles is 1. The second-order valence-electron chi connectivity index (χ2n) is 4.70. The number of hydrogen-bond donors (Lipinski definition) is 0. The van der Waals surface area contributed by atoms with Crippen LogP contribution in [0.15, 0.2) is 11.4 Å². The van der Waals surface area contributed by atoms with Gasteiger partial charge in [-0.15, -0.1) is 11.3 Å². The molecule has 2 heterocycles. The minimum Gasteiger partial charge on any atom is -0.379 e. The summed E-state index contributed by atoms with van der Waals surface area (Å²) in [7, 11) is 0. The zero-order valence-corrected chi connectivity index (χ0v) is 9.56. The Balaban J connectivity index is 2.08. The molecule has 0 radical (unpaired) electrons. The van der Waals surface area contributed by atoms with Gasteiger partial charge < -0.3 is 4.74 Å². The molecule has 0 bridgehead atoms. The van der Waals surface area contributed by atoms with Crippen LogP contribution >= 0.6 is 11.3 Å². The first-order chi connectivity index (χ1) is 7.24. The van der Waals surface area contributed by atoms with Crippen LogP contribution in [0.25, 0.3) is 0 Å². The molecule has 1 saturated heterocycles. The highest BCUT2D eigenvalue weighted by Crippen LogP contribution is 2.63. The van der Waals surface area contributed by atoms with Gasteiger partial charge in [0, 0.05) is 4.88 Å². The average Bonchev–Trinajstić information content (AvgIpc) is 2.85. The second kappa shape index (κ2) is 2.84. The topological polar surface area (TPSA) is 33.0 Å². The highest BCUT2D eigenvalue weighted by Gasteiger charge is 2.65. The maximum atomic E-state index is 9.35. The largest absolute Gasteiger partial charge is 0.379 e. The smallest absolute Gasteiger partial charge is 0.0724 e. The summed E-state index contributed by atoms with van der Waals surface area (Å²) in [4.78, 5) is 1.38. The molecule has 3 rings (SSSR count). The van der Waals surface area contributed by atoms with E-state index in [2.05, 4.69) is 24.4 Å². The molecule has 0 amide bonds. The van der Waals surface area contributed by atoms with Crippen LogP contribution in [0, 0.1) is 23.7 Å². The number of aryl methyl sites for hydroxylation is 1. The predicted octanol–water partition coefficient (Wildman–Crippen LogP) is 2.63. The summed E-state index contributed by atoms with van der Waals surface area (Å²) in [5.74, 6) is 0. The van der Waals surface area contributed by atoms with E-state index in [0.29, 0.717) is 0 Å². The number of ether oxygens (including phenoxy) is 1. The van der Waals surface area contributed by atoms with E-state index in [1.807, 2.05) is 0 Å². The molecule has 1 aromatic rings. The molecule has 0 aromatic carbocycles. The lowest BCUT2D eigenvalue weighted by atomic mass is 9.69. The third-order valence-corrected chi connectivity index (χ3v) is 5.09. The minimum atomic E-state index is -0.110. The lowest BCUT2D eigenvalue weighted by Crippen LogP contribution is -2.53. The lowest BCUT2D eigenvalue weighted by molar-refractivity contribution is -0.0850. The monoisotopic (exact) mass is 219 g/mol. The highest BCUT2D eigenvalue weighted by atomic mass is 32.1. The highest BCUT2D eigenvalue weighted by molar-refractivity contribution is 7.10.